The minimum Gasteiger partial charge on any atom is -0.507 e. The van der Waals surface area contributed by atoms with Crippen molar-refractivity contribution in [2.24, 2.45) is 11.8 Å². The molecule has 0 spiro atoms. The lowest BCUT2D eigenvalue weighted by molar-refractivity contribution is -0.212. The fourth-order valence-corrected chi connectivity index (χ4v) is 4.67. The van der Waals surface area contributed by atoms with Crippen LogP contribution in [0.15, 0.2) is 18.2 Å². The van der Waals surface area contributed by atoms with E-state index in [2.05, 4.69) is 0 Å². The van der Waals surface area contributed by atoms with E-state index in [9.17, 15) is 15.0 Å². The summed E-state index contributed by atoms with van der Waals surface area (Å²) in [6, 6.07) is 5.01. The van der Waals surface area contributed by atoms with Crippen LogP contribution in [0.3, 0.4) is 0 Å². The molecule has 6 heteroatoms. The molecule has 2 N–H and O–H groups in total. The van der Waals surface area contributed by atoms with E-state index in [-0.39, 0.29) is 29.5 Å². The van der Waals surface area contributed by atoms with Crippen LogP contribution in [0.2, 0.25) is 0 Å². The fourth-order valence-electron chi connectivity index (χ4n) is 4.67. The monoisotopic (exact) mass is 347 g/mol. The van der Waals surface area contributed by atoms with Gasteiger partial charge in [0.15, 0.2) is 0 Å². The molecule has 1 aromatic carbocycles. The van der Waals surface area contributed by atoms with Crippen molar-refractivity contribution in [2.45, 2.75) is 31.4 Å². The Balaban J connectivity index is 1.69. The zero-order chi connectivity index (χ0) is 17.6. The third-order valence-corrected chi connectivity index (χ3v) is 6.10. The number of amides is 1. The van der Waals surface area contributed by atoms with Gasteiger partial charge in [0.05, 0.1) is 24.4 Å². The molecular formula is C19H25NO5. The van der Waals surface area contributed by atoms with Crippen molar-refractivity contribution in [1.29, 1.82) is 0 Å². The molecule has 4 rings (SSSR count). The summed E-state index contributed by atoms with van der Waals surface area (Å²) >= 11 is 0. The number of aliphatic hydroxyl groups is 1. The van der Waals surface area contributed by atoms with Crippen molar-refractivity contribution >= 4 is 5.91 Å². The van der Waals surface area contributed by atoms with E-state index in [1.165, 1.54) is 0 Å². The molecule has 0 bridgehead atoms. The molecular weight excluding hydrogens is 322 g/mol. The number of carbonyl (C=O) groups is 1. The molecule has 0 unspecified atom stereocenters. The van der Waals surface area contributed by atoms with Crippen LogP contribution in [-0.2, 0) is 9.47 Å². The van der Waals surface area contributed by atoms with Gasteiger partial charge in [-0.25, -0.2) is 0 Å². The minimum absolute atomic E-state index is 0.0000567. The molecule has 136 valence electrons. The highest BCUT2D eigenvalue weighted by Crippen LogP contribution is 2.44. The number of hydrogen-bond donors (Lipinski definition) is 2. The molecule has 0 radical (unpaired) electrons. The molecule has 25 heavy (non-hydrogen) atoms. The predicted molar refractivity (Wildman–Crippen MR) is 90.5 cm³/mol. The SMILES string of the molecule is Cc1ccc(O)c(C(=O)N2C[C@@H]3COCC[C@]3(O)[C@H]3COCC[C@H]32)c1. The van der Waals surface area contributed by atoms with E-state index in [4.69, 9.17) is 9.47 Å². The number of aryl methyl sites for hydroxylation is 1. The van der Waals surface area contributed by atoms with Gasteiger partial charge in [-0.3, -0.25) is 4.79 Å². The van der Waals surface area contributed by atoms with E-state index in [1.54, 1.807) is 18.2 Å². The Kier molecular flexibility index (Phi) is 4.22. The second-order valence-electron chi connectivity index (χ2n) is 7.53. The first-order valence-electron chi connectivity index (χ1n) is 8.99. The van der Waals surface area contributed by atoms with E-state index in [1.807, 2.05) is 11.8 Å². The lowest BCUT2D eigenvalue weighted by Crippen LogP contribution is -2.68. The molecule has 6 nitrogen and oxygen atoms in total. The van der Waals surface area contributed by atoms with Crippen LogP contribution in [0.4, 0.5) is 0 Å². The molecule has 4 atom stereocenters. The van der Waals surface area contributed by atoms with Crippen LogP contribution in [0.1, 0.15) is 28.8 Å². The van der Waals surface area contributed by atoms with Gasteiger partial charge in [0.2, 0.25) is 0 Å². The highest BCUT2D eigenvalue weighted by molar-refractivity contribution is 5.97. The Morgan fingerprint density at radius 1 is 1.28 bits per heavy atom. The molecule has 1 amide bonds. The largest absolute Gasteiger partial charge is 0.507 e. The summed E-state index contributed by atoms with van der Waals surface area (Å²) in [5.41, 5.74) is 0.418. The quantitative estimate of drug-likeness (QED) is 0.801. The Morgan fingerprint density at radius 3 is 2.92 bits per heavy atom. The standard InChI is InChI=1S/C19H25NO5/c1-12-2-3-17(21)14(8-12)18(22)20-9-13-10-25-7-5-19(13,23)15-11-24-6-4-16(15)20/h2-3,8,13,15-16,21,23H,4-7,9-11H2,1H3/t13-,15+,16-,19-/m1/s1. The zero-order valence-electron chi connectivity index (χ0n) is 14.5. The Morgan fingerprint density at radius 2 is 2.08 bits per heavy atom. The number of ether oxygens (including phenoxy) is 2. The second kappa shape index (κ2) is 6.27. The van der Waals surface area contributed by atoms with E-state index < -0.39 is 5.60 Å². The number of likely N-dealkylation sites (tertiary alicyclic amines) is 1. The summed E-state index contributed by atoms with van der Waals surface area (Å²) < 4.78 is 11.2. The summed E-state index contributed by atoms with van der Waals surface area (Å²) in [5.74, 6) is -0.412. The molecule has 1 aromatic rings. The smallest absolute Gasteiger partial charge is 0.257 e. The fraction of sp³-hybridized carbons (Fsp3) is 0.632. The van der Waals surface area contributed by atoms with Crippen molar-refractivity contribution in [2.75, 3.05) is 33.0 Å². The summed E-state index contributed by atoms with van der Waals surface area (Å²) in [5, 5.41) is 21.5. The topological polar surface area (TPSA) is 79.2 Å². The molecule has 3 aliphatic heterocycles. The Hall–Kier alpha value is -1.63. The van der Waals surface area contributed by atoms with Gasteiger partial charge in [-0.05, 0) is 25.5 Å². The first-order valence-corrected chi connectivity index (χ1v) is 8.99. The maximum absolute atomic E-state index is 13.2. The van der Waals surface area contributed by atoms with Crippen molar-refractivity contribution in [1.82, 2.24) is 4.90 Å². The molecule has 0 aromatic heterocycles. The number of aromatic hydroxyl groups is 1. The molecule has 3 heterocycles. The third kappa shape index (κ3) is 2.72. The van der Waals surface area contributed by atoms with Gasteiger partial charge < -0.3 is 24.6 Å². The maximum atomic E-state index is 13.2. The average Bonchev–Trinajstić information content (AvgIpc) is 2.62. The van der Waals surface area contributed by atoms with Crippen LogP contribution in [-0.4, -0.2) is 65.6 Å². The second-order valence-corrected chi connectivity index (χ2v) is 7.53. The summed E-state index contributed by atoms with van der Waals surface area (Å²) in [6.45, 7) is 4.39. The number of benzene rings is 1. The number of hydrogen-bond acceptors (Lipinski definition) is 5. The van der Waals surface area contributed by atoms with Gasteiger partial charge in [-0.2, -0.15) is 0 Å². The van der Waals surface area contributed by atoms with Crippen LogP contribution >= 0.6 is 0 Å². The van der Waals surface area contributed by atoms with Gasteiger partial charge in [0.1, 0.15) is 5.75 Å². The third-order valence-electron chi connectivity index (χ3n) is 6.10. The van der Waals surface area contributed by atoms with Gasteiger partial charge in [0.25, 0.3) is 5.91 Å². The lowest BCUT2D eigenvalue weighted by atomic mass is 9.66. The number of rotatable bonds is 1. The van der Waals surface area contributed by atoms with Crippen LogP contribution in [0.25, 0.3) is 0 Å². The van der Waals surface area contributed by atoms with Gasteiger partial charge in [-0.1, -0.05) is 11.6 Å². The number of fused-ring (bicyclic) bond motifs is 3. The normalized spacial score (nSPS) is 35.0. The number of phenols is 1. The van der Waals surface area contributed by atoms with Crippen molar-refractivity contribution < 1.29 is 24.5 Å². The first kappa shape index (κ1) is 16.8. The minimum atomic E-state index is -0.839. The predicted octanol–water partition coefficient (Wildman–Crippen LogP) is 1.33. The highest BCUT2D eigenvalue weighted by Gasteiger charge is 2.56. The van der Waals surface area contributed by atoms with E-state index >= 15 is 0 Å². The highest BCUT2D eigenvalue weighted by atomic mass is 16.5. The molecule has 3 aliphatic rings. The van der Waals surface area contributed by atoms with Gasteiger partial charge >= 0.3 is 0 Å². The van der Waals surface area contributed by atoms with Gasteiger partial charge in [0, 0.05) is 44.1 Å². The van der Waals surface area contributed by atoms with Crippen LogP contribution < -0.4 is 0 Å². The summed E-state index contributed by atoms with van der Waals surface area (Å²) in [6.07, 6.45) is 1.29. The number of carbonyl (C=O) groups excluding carboxylic acids is 1. The number of piperidine rings is 1. The molecule has 3 saturated heterocycles. The zero-order valence-corrected chi connectivity index (χ0v) is 14.5. The van der Waals surface area contributed by atoms with Gasteiger partial charge in [-0.15, -0.1) is 0 Å². The Labute approximate surface area is 147 Å². The van der Waals surface area contributed by atoms with Crippen LogP contribution in [0.5, 0.6) is 5.75 Å². The number of nitrogens with zero attached hydrogens (tertiary/aromatic N) is 1. The lowest BCUT2D eigenvalue weighted by Gasteiger charge is -2.57. The maximum Gasteiger partial charge on any atom is 0.257 e. The first-order chi connectivity index (χ1) is 12.0. The van der Waals surface area contributed by atoms with E-state index in [0.717, 1.165) is 5.56 Å². The number of phenolic OH excluding ortho intramolecular Hbond substituents is 1. The molecule has 3 fully saturated rings. The van der Waals surface area contributed by atoms with E-state index in [0.29, 0.717) is 51.4 Å². The van der Waals surface area contributed by atoms with Crippen molar-refractivity contribution in [3.8, 4) is 5.75 Å². The summed E-state index contributed by atoms with van der Waals surface area (Å²) in [7, 11) is 0. The van der Waals surface area contributed by atoms with Crippen LogP contribution in [0, 0.1) is 18.8 Å². The molecule has 0 saturated carbocycles. The average molecular weight is 347 g/mol. The van der Waals surface area contributed by atoms with Crippen molar-refractivity contribution in [3.05, 3.63) is 29.3 Å². The molecule has 0 aliphatic carbocycles. The summed E-state index contributed by atoms with van der Waals surface area (Å²) in [4.78, 5) is 15.0. The Bertz CT molecular complexity index is 678. The van der Waals surface area contributed by atoms with Crippen molar-refractivity contribution in [3.63, 3.8) is 0 Å².